The third kappa shape index (κ3) is 2.69. The molecule has 1 unspecified atom stereocenters. The smallest absolute Gasteiger partial charge is 0.253 e. The van der Waals surface area contributed by atoms with Crippen molar-refractivity contribution in [2.45, 2.75) is 12.0 Å². The van der Waals surface area contributed by atoms with E-state index in [0.29, 0.717) is 23.3 Å². The molecule has 0 aliphatic carbocycles. The number of amides is 1. The number of fused-ring (bicyclic) bond motifs is 1. The van der Waals surface area contributed by atoms with Crippen LogP contribution in [0.4, 0.5) is 0 Å². The lowest BCUT2D eigenvalue weighted by Crippen LogP contribution is -2.47. The van der Waals surface area contributed by atoms with E-state index < -0.39 is 5.54 Å². The number of hydrogen-bond donors (Lipinski definition) is 1. The van der Waals surface area contributed by atoms with Crippen LogP contribution >= 0.6 is 23.4 Å². The molecule has 0 saturated carbocycles. The Hall–Kier alpha value is -1.77. The lowest BCUT2D eigenvalue weighted by Gasteiger charge is -2.21. The summed E-state index contributed by atoms with van der Waals surface area (Å²) in [6.07, 6.45) is 0.663. The van der Waals surface area contributed by atoms with Crippen LogP contribution in [0.2, 0.25) is 5.15 Å². The van der Waals surface area contributed by atoms with Crippen LogP contribution in [0.5, 0.6) is 0 Å². The van der Waals surface area contributed by atoms with Gasteiger partial charge in [0.2, 0.25) is 0 Å². The Bertz CT molecular complexity index is 750. The van der Waals surface area contributed by atoms with Crippen molar-refractivity contribution in [1.82, 2.24) is 10.3 Å². The van der Waals surface area contributed by atoms with Gasteiger partial charge < -0.3 is 5.32 Å². The minimum Gasteiger partial charge on any atom is -0.333 e. The molecule has 1 aromatic carbocycles. The molecule has 3 rings (SSSR count). The number of carbonyl (C=O) groups is 1. The molecule has 1 amide bonds. The van der Waals surface area contributed by atoms with E-state index in [1.165, 1.54) is 0 Å². The third-order valence-electron chi connectivity index (χ3n) is 3.52. The molecule has 1 saturated heterocycles. The van der Waals surface area contributed by atoms with Crippen LogP contribution in [-0.2, 0) is 0 Å². The average Bonchev–Trinajstić information content (AvgIpc) is 2.95. The first kappa shape index (κ1) is 14.2. The second kappa shape index (κ2) is 5.55. The third-order valence-corrected chi connectivity index (χ3v) is 4.90. The number of thioether (sulfide) groups is 1. The Balaban J connectivity index is 2.00. The molecule has 106 valence electrons. The van der Waals surface area contributed by atoms with Crippen molar-refractivity contribution in [3.05, 3.63) is 41.0 Å². The van der Waals surface area contributed by atoms with Crippen molar-refractivity contribution >= 4 is 40.2 Å². The number of pyridine rings is 1. The summed E-state index contributed by atoms with van der Waals surface area (Å²) in [4.78, 5) is 16.8. The highest BCUT2D eigenvalue weighted by Gasteiger charge is 2.36. The van der Waals surface area contributed by atoms with Crippen LogP contribution in [-0.4, -0.2) is 27.9 Å². The summed E-state index contributed by atoms with van der Waals surface area (Å²) in [6, 6.07) is 11.1. The highest BCUT2D eigenvalue weighted by atomic mass is 35.5. The van der Waals surface area contributed by atoms with Gasteiger partial charge in [0.25, 0.3) is 5.91 Å². The van der Waals surface area contributed by atoms with Crippen LogP contribution in [0.1, 0.15) is 16.8 Å². The lowest BCUT2D eigenvalue weighted by molar-refractivity contribution is 0.0927. The van der Waals surface area contributed by atoms with Gasteiger partial charge in [0.05, 0.1) is 17.1 Å². The molecule has 0 bridgehead atoms. The Kier molecular flexibility index (Phi) is 3.75. The van der Waals surface area contributed by atoms with Gasteiger partial charge in [-0.25, -0.2) is 4.98 Å². The number of nitriles is 1. The van der Waals surface area contributed by atoms with Crippen molar-refractivity contribution in [3.63, 3.8) is 0 Å². The van der Waals surface area contributed by atoms with E-state index in [0.717, 1.165) is 11.1 Å². The maximum atomic E-state index is 12.6. The SMILES string of the molecule is N#CC1(NC(=O)c2cc(Cl)nc3ccccc23)CCSC1. The largest absolute Gasteiger partial charge is 0.333 e. The zero-order chi connectivity index (χ0) is 14.9. The summed E-state index contributed by atoms with van der Waals surface area (Å²) in [6.45, 7) is 0. The minimum atomic E-state index is -0.779. The van der Waals surface area contributed by atoms with Crippen molar-refractivity contribution in [1.29, 1.82) is 5.26 Å². The zero-order valence-electron chi connectivity index (χ0n) is 11.1. The van der Waals surface area contributed by atoms with E-state index in [-0.39, 0.29) is 11.1 Å². The molecule has 1 aliphatic rings. The number of hydrogen-bond acceptors (Lipinski definition) is 4. The molecule has 1 aromatic heterocycles. The van der Waals surface area contributed by atoms with Crippen LogP contribution in [0.15, 0.2) is 30.3 Å². The number of nitrogens with zero attached hydrogens (tertiary/aromatic N) is 2. The number of rotatable bonds is 2. The normalized spacial score (nSPS) is 21.1. The van der Waals surface area contributed by atoms with Crippen LogP contribution in [0.3, 0.4) is 0 Å². The highest BCUT2D eigenvalue weighted by molar-refractivity contribution is 7.99. The molecule has 1 fully saturated rings. The molecule has 2 aromatic rings. The van der Waals surface area contributed by atoms with Gasteiger partial charge in [0.15, 0.2) is 0 Å². The fraction of sp³-hybridized carbons (Fsp3) is 0.267. The summed E-state index contributed by atoms with van der Waals surface area (Å²) in [5, 5.41) is 13.2. The minimum absolute atomic E-state index is 0.269. The van der Waals surface area contributed by atoms with Crippen LogP contribution in [0, 0.1) is 11.3 Å². The molecule has 1 aliphatic heterocycles. The Morgan fingerprint density at radius 1 is 1.48 bits per heavy atom. The fourth-order valence-electron chi connectivity index (χ4n) is 2.40. The first-order chi connectivity index (χ1) is 10.1. The Morgan fingerprint density at radius 2 is 2.29 bits per heavy atom. The van der Waals surface area contributed by atoms with E-state index in [4.69, 9.17) is 11.6 Å². The molecular weight excluding hydrogens is 306 g/mol. The van der Waals surface area contributed by atoms with Crippen molar-refractivity contribution in [3.8, 4) is 6.07 Å². The molecule has 4 nitrogen and oxygen atoms in total. The predicted molar refractivity (Wildman–Crippen MR) is 84.5 cm³/mol. The second-order valence-electron chi connectivity index (χ2n) is 4.96. The maximum absolute atomic E-state index is 12.6. The number of para-hydroxylation sites is 1. The van der Waals surface area contributed by atoms with Crippen LogP contribution < -0.4 is 5.32 Å². The summed E-state index contributed by atoms with van der Waals surface area (Å²) in [7, 11) is 0. The van der Waals surface area contributed by atoms with Gasteiger partial charge in [-0.15, -0.1) is 0 Å². The van der Waals surface area contributed by atoms with Gasteiger partial charge in [-0.1, -0.05) is 29.8 Å². The first-order valence-corrected chi connectivity index (χ1v) is 8.04. The van der Waals surface area contributed by atoms with Gasteiger partial charge in [-0.2, -0.15) is 17.0 Å². The summed E-state index contributed by atoms with van der Waals surface area (Å²) in [5.41, 5.74) is 0.345. The monoisotopic (exact) mass is 317 g/mol. The molecule has 21 heavy (non-hydrogen) atoms. The fourth-order valence-corrected chi connectivity index (χ4v) is 3.86. The van der Waals surface area contributed by atoms with Gasteiger partial charge in [-0.05, 0) is 24.3 Å². The molecular formula is C15H12ClN3OS. The maximum Gasteiger partial charge on any atom is 0.253 e. The van der Waals surface area contributed by atoms with Crippen molar-refractivity contribution in [2.75, 3.05) is 11.5 Å². The van der Waals surface area contributed by atoms with Gasteiger partial charge in [0.1, 0.15) is 10.7 Å². The molecule has 6 heteroatoms. The number of nitrogens with one attached hydrogen (secondary N) is 1. The van der Waals surface area contributed by atoms with Crippen LogP contribution in [0.25, 0.3) is 10.9 Å². The zero-order valence-corrected chi connectivity index (χ0v) is 12.7. The standard InChI is InChI=1S/C15H12ClN3OS/c16-13-7-11(10-3-1-2-4-12(10)18-13)14(20)19-15(8-17)5-6-21-9-15/h1-4,7H,5-6,9H2,(H,19,20). The van der Waals surface area contributed by atoms with E-state index in [1.807, 2.05) is 24.3 Å². The molecule has 1 atom stereocenters. The van der Waals surface area contributed by atoms with E-state index in [2.05, 4.69) is 16.4 Å². The summed E-state index contributed by atoms with van der Waals surface area (Å²) in [5.74, 6) is 1.22. The average molecular weight is 318 g/mol. The van der Waals surface area contributed by atoms with Gasteiger partial charge >= 0.3 is 0 Å². The molecule has 0 spiro atoms. The van der Waals surface area contributed by atoms with Crippen molar-refractivity contribution in [2.24, 2.45) is 0 Å². The summed E-state index contributed by atoms with van der Waals surface area (Å²) >= 11 is 7.67. The van der Waals surface area contributed by atoms with E-state index in [9.17, 15) is 10.1 Å². The number of benzene rings is 1. The van der Waals surface area contributed by atoms with E-state index in [1.54, 1.807) is 17.8 Å². The molecule has 1 N–H and O–H groups in total. The van der Waals surface area contributed by atoms with Gasteiger partial charge in [-0.3, -0.25) is 4.79 Å². The first-order valence-electron chi connectivity index (χ1n) is 6.50. The van der Waals surface area contributed by atoms with Gasteiger partial charge in [0, 0.05) is 11.1 Å². The second-order valence-corrected chi connectivity index (χ2v) is 6.45. The number of halogens is 1. The number of carbonyl (C=O) groups excluding carboxylic acids is 1. The topological polar surface area (TPSA) is 65.8 Å². The van der Waals surface area contributed by atoms with E-state index >= 15 is 0 Å². The highest BCUT2D eigenvalue weighted by Crippen LogP contribution is 2.28. The number of aromatic nitrogens is 1. The summed E-state index contributed by atoms with van der Waals surface area (Å²) < 4.78 is 0. The quantitative estimate of drug-likeness (QED) is 0.865. The Labute approximate surface area is 131 Å². The van der Waals surface area contributed by atoms with Crippen molar-refractivity contribution < 1.29 is 4.79 Å². The lowest BCUT2D eigenvalue weighted by atomic mass is 10.00. The predicted octanol–water partition coefficient (Wildman–Crippen LogP) is 3.02. The molecule has 0 radical (unpaired) electrons. The molecule has 2 heterocycles. The Morgan fingerprint density at radius 3 is 3.00 bits per heavy atom.